The SMILES string of the molecule is C[C@]12CCC(=O)C=C1C=C[C@@H]1[C@@H]2CC[C@@]2(C)[C@H]1C(=O)C[C@@]21CCC(=O)O1. The van der Waals surface area contributed by atoms with E-state index in [4.69, 9.17) is 4.74 Å². The maximum absolute atomic E-state index is 13.2. The average Bonchev–Trinajstić information content (AvgIpc) is 3.06. The lowest BCUT2D eigenvalue weighted by Gasteiger charge is -2.56. The van der Waals surface area contributed by atoms with Gasteiger partial charge in [0.2, 0.25) is 0 Å². The molecule has 0 bridgehead atoms. The van der Waals surface area contributed by atoms with Gasteiger partial charge in [-0.05, 0) is 54.6 Å². The molecule has 0 amide bonds. The number of ketones is 2. The summed E-state index contributed by atoms with van der Waals surface area (Å²) in [6.45, 7) is 4.46. The van der Waals surface area contributed by atoms with E-state index in [1.165, 1.54) is 0 Å². The molecule has 1 heterocycles. The minimum Gasteiger partial charge on any atom is -0.458 e. The van der Waals surface area contributed by atoms with Gasteiger partial charge in [-0.1, -0.05) is 26.0 Å². The number of carbonyl (C=O) groups is 3. The van der Waals surface area contributed by atoms with Crippen molar-refractivity contribution in [1.82, 2.24) is 0 Å². The van der Waals surface area contributed by atoms with E-state index in [0.29, 0.717) is 31.6 Å². The number of allylic oxidation sites excluding steroid dienone is 4. The predicted molar refractivity (Wildman–Crippen MR) is 95.1 cm³/mol. The fourth-order valence-corrected chi connectivity index (χ4v) is 7.06. The summed E-state index contributed by atoms with van der Waals surface area (Å²) in [7, 11) is 0. The van der Waals surface area contributed by atoms with Crippen molar-refractivity contribution < 1.29 is 19.1 Å². The second-order valence-electron chi connectivity index (χ2n) is 9.57. The molecule has 6 atom stereocenters. The molecular weight excluding hydrogens is 328 g/mol. The van der Waals surface area contributed by atoms with Gasteiger partial charge in [0.1, 0.15) is 11.4 Å². The van der Waals surface area contributed by atoms with E-state index in [2.05, 4.69) is 26.0 Å². The number of rotatable bonds is 0. The second kappa shape index (κ2) is 4.96. The van der Waals surface area contributed by atoms with Crippen LogP contribution < -0.4 is 0 Å². The number of hydrogen-bond acceptors (Lipinski definition) is 4. The van der Waals surface area contributed by atoms with Crippen LogP contribution in [0.1, 0.15) is 58.8 Å². The molecule has 4 nitrogen and oxygen atoms in total. The Balaban J connectivity index is 1.58. The number of esters is 1. The Kier molecular flexibility index (Phi) is 3.14. The molecule has 3 fully saturated rings. The molecule has 5 rings (SSSR count). The van der Waals surface area contributed by atoms with Gasteiger partial charge in [0.05, 0.1) is 0 Å². The van der Waals surface area contributed by atoms with E-state index >= 15 is 0 Å². The van der Waals surface area contributed by atoms with Crippen molar-refractivity contribution in [2.24, 2.45) is 28.6 Å². The van der Waals surface area contributed by atoms with Crippen LogP contribution in [0, 0.1) is 28.6 Å². The Bertz CT molecular complexity index is 792. The van der Waals surface area contributed by atoms with Crippen molar-refractivity contribution in [3.05, 3.63) is 23.8 Å². The zero-order chi connectivity index (χ0) is 18.3. The zero-order valence-corrected chi connectivity index (χ0v) is 15.5. The molecule has 1 saturated heterocycles. The molecule has 1 spiro atoms. The third-order valence-corrected chi connectivity index (χ3v) is 8.58. The molecule has 0 radical (unpaired) electrons. The molecule has 4 heteroatoms. The van der Waals surface area contributed by atoms with E-state index in [-0.39, 0.29) is 40.2 Å². The van der Waals surface area contributed by atoms with Gasteiger partial charge >= 0.3 is 5.97 Å². The van der Waals surface area contributed by atoms with Crippen LogP contribution in [0.3, 0.4) is 0 Å². The van der Waals surface area contributed by atoms with E-state index < -0.39 is 5.60 Å². The predicted octanol–water partition coefficient (Wildman–Crippen LogP) is 3.55. The van der Waals surface area contributed by atoms with Crippen molar-refractivity contribution in [3.63, 3.8) is 0 Å². The standard InChI is InChI=1S/C22H26O4/c1-20-8-5-14(23)11-13(20)3-4-15-16(20)6-9-21(2)19(15)17(24)12-22(21)10-7-18(25)26-22/h3-4,11,15-16,19H,5-10,12H2,1-2H3/t15-,16+,19-,20+,21+,22+/m1/s1. The minimum absolute atomic E-state index is 0.0168. The highest BCUT2D eigenvalue weighted by Gasteiger charge is 2.69. The Morgan fingerprint density at radius 3 is 2.62 bits per heavy atom. The molecule has 1 aliphatic heterocycles. The Morgan fingerprint density at radius 2 is 1.88 bits per heavy atom. The lowest BCUT2D eigenvalue weighted by molar-refractivity contribution is -0.165. The molecule has 2 saturated carbocycles. The van der Waals surface area contributed by atoms with Gasteiger partial charge < -0.3 is 4.74 Å². The summed E-state index contributed by atoms with van der Waals surface area (Å²) in [6.07, 6.45) is 11.0. The average molecular weight is 354 g/mol. The van der Waals surface area contributed by atoms with E-state index in [1.807, 2.05) is 6.08 Å². The van der Waals surface area contributed by atoms with Crippen molar-refractivity contribution >= 4 is 17.5 Å². The molecule has 0 unspecified atom stereocenters. The molecule has 0 N–H and O–H groups in total. The van der Waals surface area contributed by atoms with Crippen LogP contribution in [0.4, 0.5) is 0 Å². The first-order valence-corrected chi connectivity index (χ1v) is 9.97. The fourth-order valence-electron chi connectivity index (χ4n) is 7.06. The third-order valence-electron chi connectivity index (χ3n) is 8.58. The highest BCUT2D eigenvalue weighted by Crippen LogP contribution is 2.67. The molecular formula is C22H26O4. The van der Waals surface area contributed by atoms with Gasteiger partial charge in [-0.15, -0.1) is 0 Å². The monoisotopic (exact) mass is 354 g/mol. The lowest BCUT2D eigenvalue weighted by Crippen LogP contribution is -2.54. The van der Waals surface area contributed by atoms with Gasteiger partial charge in [0, 0.05) is 30.6 Å². The highest BCUT2D eigenvalue weighted by molar-refractivity contribution is 5.92. The summed E-state index contributed by atoms with van der Waals surface area (Å²) in [5.74, 6) is 0.847. The summed E-state index contributed by atoms with van der Waals surface area (Å²) in [5, 5.41) is 0. The van der Waals surface area contributed by atoms with Crippen LogP contribution in [0.15, 0.2) is 23.8 Å². The van der Waals surface area contributed by atoms with Crippen LogP contribution in [-0.2, 0) is 19.1 Å². The van der Waals surface area contributed by atoms with Gasteiger partial charge in [0.15, 0.2) is 5.78 Å². The van der Waals surface area contributed by atoms with E-state index in [1.54, 1.807) is 0 Å². The Hall–Kier alpha value is -1.71. The summed E-state index contributed by atoms with van der Waals surface area (Å²) in [6, 6.07) is 0. The number of fused-ring (bicyclic) bond motifs is 6. The van der Waals surface area contributed by atoms with Crippen LogP contribution in [0.2, 0.25) is 0 Å². The second-order valence-corrected chi connectivity index (χ2v) is 9.57. The normalized spacial score (nSPS) is 49.5. The van der Waals surface area contributed by atoms with Crippen molar-refractivity contribution in [2.45, 2.75) is 64.4 Å². The summed E-state index contributed by atoms with van der Waals surface area (Å²) in [4.78, 5) is 36.9. The maximum Gasteiger partial charge on any atom is 0.306 e. The zero-order valence-electron chi connectivity index (χ0n) is 15.5. The summed E-state index contributed by atoms with van der Waals surface area (Å²) < 4.78 is 5.84. The molecule has 5 aliphatic rings. The van der Waals surface area contributed by atoms with E-state index in [9.17, 15) is 14.4 Å². The summed E-state index contributed by atoms with van der Waals surface area (Å²) >= 11 is 0. The molecule has 138 valence electrons. The molecule has 26 heavy (non-hydrogen) atoms. The Morgan fingerprint density at radius 1 is 1.08 bits per heavy atom. The number of ether oxygens (including phenoxy) is 1. The topological polar surface area (TPSA) is 60.4 Å². The number of hydrogen-bond donors (Lipinski definition) is 0. The van der Waals surface area contributed by atoms with Crippen LogP contribution in [-0.4, -0.2) is 23.1 Å². The quantitative estimate of drug-likeness (QED) is 0.624. The van der Waals surface area contributed by atoms with E-state index in [0.717, 1.165) is 24.8 Å². The van der Waals surface area contributed by atoms with Crippen molar-refractivity contribution in [2.75, 3.05) is 0 Å². The fraction of sp³-hybridized carbons (Fsp3) is 0.682. The van der Waals surface area contributed by atoms with Gasteiger partial charge in [-0.2, -0.15) is 0 Å². The van der Waals surface area contributed by atoms with Crippen molar-refractivity contribution in [1.29, 1.82) is 0 Å². The first-order valence-electron chi connectivity index (χ1n) is 9.97. The molecule has 4 aliphatic carbocycles. The van der Waals surface area contributed by atoms with Crippen LogP contribution in [0.5, 0.6) is 0 Å². The largest absolute Gasteiger partial charge is 0.458 e. The Labute approximate surface area is 154 Å². The van der Waals surface area contributed by atoms with Crippen molar-refractivity contribution in [3.8, 4) is 0 Å². The lowest BCUT2D eigenvalue weighted by atomic mass is 9.48. The molecule has 0 aromatic heterocycles. The van der Waals surface area contributed by atoms with Crippen LogP contribution >= 0.6 is 0 Å². The minimum atomic E-state index is -0.579. The highest BCUT2D eigenvalue weighted by atomic mass is 16.6. The third kappa shape index (κ3) is 1.83. The molecule has 0 aromatic rings. The van der Waals surface area contributed by atoms with Gasteiger partial charge in [0.25, 0.3) is 0 Å². The smallest absolute Gasteiger partial charge is 0.306 e. The first-order chi connectivity index (χ1) is 12.3. The molecule has 0 aromatic carbocycles. The van der Waals surface area contributed by atoms with Gasteiger partial charge in [-0.25, -0.2) is 0 Å². The first kappa shape index (κ1) is 16.5. The van der Waals surface area contributed by atoms with Crippen LogP contribution in [0.25, 0.3) is 0 Å². The van der Waals surface area contributed by atoms with Gasteiger partial charge in [-0.3, -0.25) is 14.4 Å². The number of carbonyl (C=O) groups excluding carboxylic acids is 3. The number of Topliss-reactive ketones (excluding diaryl/α,β-unsaturated/α-hetero) is 1. The maximum atomic E-state index is 13.2. The summed E-state index contributed by atoms with van der Waals surface area (Å²) in [5.41, 5.74) is 0.288.